The molecule has 0 aromatic carbocycles. The van der Waals surface area contributed by atoms with Crippen molar-refractivity contribution in [3.63, 3.8) is 0 Å². The molecule has 0 radical (unpaired) electrons. The molecule has 0 spiro atoms. The fourth-order valence-electron chi connectivity index (χ4n) is 7.70. The first-order chi connectivity index (χ1) is 30.7. The molecule has 10 nitrogen and oxygen atoms in total. The van der Waals surface area contributed by atoms with Crippen molar-refractivity contribution in [3.05, 3.63) is 24.3 Å². The Morgan fingerprint density at radius 3 is 0.815 bits per heavy atom. The average Bonchev–Trinajstić information content (AvgIpc) is 3.24. The van der Waals surface area contributed by atoms with E-state index in [-0.39, 0.29) is 62.4 Å². The van der Waals surface area contributed by atoms with Gasteiger partial charge in [0, 0.05) is 51.5 Å². The zero-order valence-electron chi connectivity index (χ0n) is 42.7. The first-order valence-corrected chi connectivity index (χ1v) is 29.5. The summed E-state index contributed by atoms with van der Waals surface area (Å²) in [7, 11) is -5.03. The monoisotopic (exact) mass is 985 g/mol. The third-order valence-electron chi connectivity index (χ3n) is 11.9. The topological polar surface area (TPSA) is 155 Å². The van der Waals surface area contributed by atoms with Crippen LogP contribution in [0.1, 0.15) is 258 Å². The van der Waals surface area contributed by atoms with E-state index in [0.717, 1.165) is 25.7 Å². The van der Waals surface area contributed by atoms with Crippen molar-refractivity contribution in [2.24, 2.45) is 0 Å². The van der Waals surface area contributed by atoms with E-state index in [1.54, 1.807) is 14.1 Å². The molecule has 0 rings (SSSR count). The summed E-state index contributed by atoms with van der Waals surface area (Å²) in [5, 5.41) is 0. The van der Waals surface area contributed by atoms with Crippen LogP contribution in [0.25, 0.3) is 0 Å². The summed E-state index contributed by atoms with van der Waals surface area (Å²) >= 11 is 0. The van der Waals surface area contributed by atoms with E-state index in [2.05, 4.69) is 38.2 Å². The van der Waals surface area contributed by atoms with Crippen molar-refractivity contribution in [3.8, 4) is 0 Å². The van der Waals surface area contributed by atoms with E-state index in [4.69, 9.17) is 0 Å². The van der Waals surface area contributed by atoms with E-state index in [1.165, 1.54) is 202 Å². The maximum absolute atomic E-state index is 12.0. The van der Waals surface area contributed by atoms with Crippen molar-refractivity contribution < 1.29 is 35.5 Å². The summed E-state index contributed by atoms with van der Waals surface area (Å²) in [5.41, 5.74) is 0. The van der Waals surface area contributed by atoms with E-state index >= 15 is 0 Å². The predicted octanol–water partition coefficient (Wildman–Crippen LogP) is 13.6. The standard InChI is InChI=1S/2C26H51NO4S.Ca/c2*1-3-4-5-6-7-8-9-10-11-12-13-14-15-16-17-18-19-20-21-23-26(28)27(2)24-22-25-32(29,30)31;/h2*12-13H,3-11,14-25H2,1-2H3,(H,29,30,31);/q;;+2/p-2/b2*13-12+;. The number of allylic oxidation sites excluding steroid dienone is 4. The molecule has 0 bridgehead atoms. The Labute approximate surface area is 432 Å². The fraction of sp³-hybridized carbons (Fsp3) is 0.885. The molecule has 0 aliphatic heterocycles. The summed E-state index contributed by atoms with van der Waals surface area (Å²) in [4.78, 5) is 27.0. The maximum Gasteiger partial charge on any atom is 2.00 e. The maximum atomic E-state index is 12.0. The molecule has 0 saturated carbocycles. The summed E-state index contributed by atoms with van der Waals surface area (Å²) in [5.74, 6) is -0.738. The van der Waals surface area contributed by atoms with Gasteiger partial charge in [0.1, 0.15) is 0 Å². The molecule has 0 aromatic heterocycles. The zero-order chi connectivity index (χ0) is 47.8. The molecular weight excluding hydrogens is 885 g/mol. The molecular formula is C52H100CaN2O8S2. The van der Waals surface area contributed by atoms with Gasteiger partial charge in [-0.1, -0.05) is 192 Å². The molecule has 0 N–H and O–H groups in total. The van der Waals surface area contributed by atoms with Crippen molar-refractivity contribution in [1.29, 1.82) is 0 Å². The van der Waals surface area contributed by atoms with Crippen LogP contribution in [-0.2, 0) is 29.8 Å². The quantitative estimate of drug-likeness (QED) is 0.0253. The van der Waals surface area contributed by atoms with Gasteiger partial charge in [-0.25, -0.2) is 16.8 Å². The number of unbranched alkanes of at least 4 members (excludes halogenated alkanes) is 30. The summed E-state index contributed by atoms with van der Waals surface area (Å²) < 4.78 is 63.5. The number of nitrogens with zero attached hydrogens (tertiary/aromatic N) is 2. The molecule has 0 aliphatic carbocycles. The number of hydrogen-bond acceptors (Lipinski definition) is 8. The minimum Gasteiger partial charge on any atom is -0.748 e. The Morgan fingerprint density at radius 1 is 0.369 bits per heavy atom. The molecule has 0 unspecified atom stereocenters. The van der Waals surface area contributed by atoms with Crippen LogP contribution in [0, 0.1) is 0 Å². The van der Waals surface area contributed by atoms with E-state index in [0.29, 0.717) is 25.9 Å². The molecule has 0 atom stereocenters. The smallest absolute Gasteiger partial charge is 0.748 e. The van der Waals surface area contributed by atoms with Crippen LogP contribution in [0.3, 0.4) is 0 Å². The SMILES string of the molecule is CCCCCCCCCC/C=C/CCCCCCCCCC(=O)N(C)CCCS(=O)(=O)[O-].CCCCCCCCCC/C=C/CCCCCCCCCC(=O)N(C)CCCS(=O)(=O)[O-].[Ca+2]. The van der Waals surface area contributed by atoms with Crippen molar-refractivity contribution >= 4 is 69.8 Å². The van der Waals surface area contributed by atoms with Gasteiger partial charge < -0.3 is 18.9 Å². The molecule has 0 aliphatic rings. The number of rotatable bonds is 46. The molecule has 2 amide bonds. The van der Waals surface area contributed by atoms with Gasteiger partial charge in [-0.2, -0.15) is 0 Å². The summed E-state index contributed by atoms with van der Waals surface area (Å²) in [6.07, 6.45) is 54.2. The van der Waals surface area contributed by atoms with Crippen molar-refractivity contribution in [2.45, 2.75) is 258 Å². The van der Waals surface area contributed by atoms with Crippen molar-refractivity contribution in [1.82, 2.24) is 9.80 Å². The van der Waals surface area contributed by atoms with Crippen LogP contribution < -0.4 is 0 Å². The largest absolute Gasteiger partial charge is 2.00 e. The second-order valence-corrected chi connectivity index (χ2v) is 21.4. The van der Waals surface area contributed by atoms with Gasteiger partial charge in [-0.3, -0.25) is 9.59 Å². The Bertz CT molecular complexity index is 1230. The van der Waals surface area contributed by atoms with Crippen LogP contribution in [0.2, 0.25) is 0 Å². The average molecular weight is 986 g/mol. The minimum atomic E-state index is -4.18. The number of amides is 2. The molecule has 0 heterocycles. The van der Waals surface area contributed by atoms with Crippen LogP contribution in [0.5, 0.6) is 0 Å². The second kappa shape index (κ2) is 51.4. The number of hydrogen-bond donors (Lipinski definition) is 0. The van der Waals surface area contributed by atoms with E-state index in [1.807, 2.05) is 0 Å². The number of carbonyl (C=O) groups excluding carboxylic acids is 2. The van der Waals surface area contributed by atoms with Gasteiger partial charge in [-0.15, -0.1) is 0 Å². The number of carbonyl (C=O) groups is 2. The van der Waals surface area contributed by atoms with Gasteiger partial charge in [0.25, 0.3) is 0 Å². The summed E-state index contributed by atoms with van der Waals surface area (Å²) in [6.45, 7) is 5.19. The van der Waals surface area contributed by atoms with Crippen LogP contribution in [0.15, 0.2) is 24.3 Å². The molecule has 380 valence electrons. The minimum absolute atomic E-state index is 0. The molecule has 0 saturated heterocycles. The Morgan fingerprint density at radius 2 is 0.585 bits per heavy atom. The Balaban J connectivity index is -0.00000116. The summed E-state index contributed by atoms with van der Waals surface area (Å²) in [6, 6.07) is 0. The van der Waals surface area contributed by atoms with E-state index in [9.17, 15) is 35.5 Å². The van der Waals surface area contributed by atoms with Gasteiger partial charge in [0.05, 0.1) is 20.2 Å². The van der Waals surface area contributed by atoms with Crippen LogP contribution in [-0.4, -0.2) is 124 Å². The molecule has 0 aromatic rings. The van der Waals surface area contributed by atoms with Gasteiger partial charge >= 0.3 is 37.7 Å². The van der Waals surface area contributed by atoms with Crippen LogP contribution >= 0.6 is 0 Å². The van der Waals surface area contributed by atoms with Gasteiger partial charge in [0.2, 0.25) is 11.8 Å². The zero-order valence-corrected chi connectivity index (χ0v) is 46.5. The van der Waals surface area contributed by atoms with E-state index < -0.39 is 31.7 Å². The van der Waals surface area contributed by atoms with Crippen LogP contribution in [0.4, 0.5) is 0 Å². The Kier molecular flexibility index (Phi) is 54.3. The molecule has 13 heteroatoms. The van der Waals surface area contributed by atoms with Crippen molar-refractivity contribution in [2.75, 3.05) is 38.7 Å². The molecule has 0 fully saturated rings. The normalized spacial score (nSPS) is 11.8. The van der Waals surface area contributed by atoms with Gasteiger partial charge in [0.15, 0.2) is 0 Å². The Hall–Kier alpha value is -0.500. The first kappa shape index (κ1) is 68.8. The third-order valence-corrected chi connectivity index (χ3v) is 13.5. The fourth-order valence-corrected chi connectivity index (χ4v) is 8.66. The third kappa shape index (κ3) is 59.6. The van der Waals surface area contributed by atoms with Gasteiger partial charge in [-0.05, 0) is 77.0 Å². The predicted molar refractivity (Wildman–Crippen MR) is 275 cm³/mol. The second-order valence-electron chi connectivity index (χ2n) is 18.4. The first-order valence-electron chi connectivity index (χ1n) is 26.4. The molecule has 65 heavy (non-hydrogen) atoms.